The molecule has 0 aromatic carbocycles. The highest BCUT2D eigenvalue weighted by Gasteiger charge is 2.14. The fourth-order valence-electron chi connectivity index (χ4n) is 1.55. The number of hydrogen-bond donors (Lipinski definition) is 2. The maximum Gasteiger partial charge on any atom is 0.303 e. The molecule has 0 spiro atoms. The van der Waals surface area contributed by atoms with Crippen molar-refractivity contribution in [2.24, 2.45) is 11.8 Å². The van der Waals surface area contributed by atoms with Crippen molar-refractivity contribution in [1.29, 1.82) is 0 Å². The molecule has 1 unspecified atom stereocenters. The van der Waals surface area contributed by atoms with Gasteiger partial charge < -0.3 is 10.4 Å². The first-order valence-electron chi connectivity index (χ1n) is 6.00. The van der Waals surface area contributed by atoms with Gasteiger partial charge in [0, 0.05) is 18.9 Å². The Bertz CT molecular complexity index is 224. The Morgan fingerprint density at radius 3 is 2.25 bits per heavy atom. The van der Waals surface area contributed by atoms with E-state index in [-0.39, 0.29) is 24.2 Å². The molecule has 0 bridgehead atoms. The van der Waals surface area contributed by atoms with E-state index in [1.165, 1.54) is 0 Å². The quantitative estimate of drug-likeness (QED) is 0.669. The average molecular weight is 229 g/mol. The topological polar surface area (TPSA) is 66.4 Å². The Morgan fingerprint density at radius 1 is 1.25 bits per heavy atom. The second-order valence-electron chi connectivity index (χ2n) is 4.30. The van der Waals surface area contributed by atoms with Crippen molar-refractivity contribution in [2.75, 3.05) is 6.54 Å². The van der Waals surface area contributed by atoms with E-state index in [2.05, 4.69) is 5.32 Å². The van der Waals surface area contributed by atoms with Gasteiger partial charge in [-0.2, -0.15) is 0 Å². The number of aliphatic carboxylic acids is 1. The van der Waals surface area contributed by atoms with Gasteiger partial charge in [-0.05, 0) is 25.2 Å². The monoisotopic (exact) mass is 229 g/mol. The van der Waals surface area contributed by atoms with Crippen molar-refractivity contribution in [2.45, 2.75) is 46.5 Å². The molecule has 0 aliphatic heterocycles. The first-order valence-corrected chi connectivity index (χ1v) is 6.00. The van der Waals surface area contributed by atoms with Gasteiger partial charge in [0.15, 0.2) is 0 Å². The van der Waals surface area contributed by atoms with E-state index in [1.54, 1.807) is 0 Å². The van der Waals surface area contributed by atoms with Crippen LogP contribution in [0.15, 0.2) is 0 Å². The SMILES string of the molecule is CCC(CC)C(=O)NCC(C)CCC(=O)O. The molecule has 0 aromatic heterocycles. The summed E-state index contributed by atoms with van der Waals surface area (Å²) >= 11 is 0. The van der Waals surface area contributed by atoms with Crippen molar-refractivity contribution in [3.8, 4) is 0 Å². The molecular formula is C12H23NO3. The van der Waals surface area contributed by atoms with Crippen LogP contribution in [0.5, 0.6) is 0 Å². The number of carbonyl (C=O) groups is 2. The molecule has 16 heavy (non-hydrogen) atoms. The Labute approximate surface area is 97.4 Å². The zero-order valence-corrected chi connectivity index (χ0v) is 10.5. The first-order chi connectivity index (χ1) is 7.51. The summed E-state index contributed by atoms with van der Waals surface area (Å²) in [5, 5.41) is 11.4. The third kappa shape index (κ3) is 6.43. The fourth-order valence-corrected chi connectivity index (χ4v) is 1.55. The van der Waals surface area contributed by atoms with Crippen LogP contribution in [0, 0.1) is 11.8 Å². The van der Waals surface area contributed by atoms with E-state index >= 15 is 0 Å². The fraction of sp³-hybridized carbons (Fsp3) is 0.833. The number of amides is 1. The summed E-state index contributed by atoms with van der Waals surface area (Å²) in [7, 11) is 0. The van der Waals surface area contributed by atoms with Gasteiger partial charge in [-0.25, -0.2) is 0 Å². The Hall–Kier alpha value is -1.06. The van der Waals surface area contributed by atoms with E-state index in [0.29, 0.717) is 13.0 Å². The molecule has 0 heterocycles. The summed E-state index contributed by atoms with van der Waals surface area (Å²) in [5.74, 6) is -0.383. The van der Waals surface area contributed by atoms with Gasteiger partial charge in [0.05, 0.1) is 0 Å². The van der Waals surface area contributed by atoms with Crippen molar-refractivity contribution in [1.82, 2.24) is 5.32 Å². The van der Waals surface area contributed by atoms with Crippen LogP contribution in [-0.4, -0.2) is 23.5 Å². The van der Waals surface area contributed by atoms with E-state index < -0.39 is 5.97 Å². The molecule has 1 amide bonds. The predicted molar refractivity (Wildman–Crippen MR) is 63.1 cm³/mol. The molecule has 94 valence electrons. The van der Waals surface area contributed by atoms with E-state index in [0.717, 1.165) is 12.8 Å². The summed E-state index contributed by atoms with van der Waals surface area (Å²) in [6.45, 7) is 6.53. The van der Waals surface area contributed by atoms with E-state index in [1.807, 2.05) is 20.8 Å². The average Bonchev–Trinajstić information content (AvgIpc) is 2.25. The van der Waals surface area contributed by atoms with Gasteiger partial charge in [-0.3, -0.25) is 9.59 Å². The van der Waals surface area contributed by atoms with E-state index in [9.17, 15) is 9.59 Å². The van der Waals surface area contributed by atoms with Gasteiger partial charge in [0.2, 0.25) is 5.91 Å². The van der Waals surface area contributed by atoms with Crippen LogP contribution in [-0.2, 0) is 9.59 Å². The zero-order valence-electron chi connectivity index (χ0n) is 10.5. The van der Waals surface area contributed by atoms with Gasteiger partial charge in [0.1, 0.15) is 0 Å². The van der Waals surface area contributed by atoms with Crippen molar-refractivity contribution >= 4 is 11.9 Å². The summed E-state index contributed by atoms with van der Waals surface area (Å²) in [6.07, 6.45) is 2.48. The number of carboxylic acids is 1. The minimum absolute atomic E-state index is 0.0895. The van der Waals surface area contributed by atoms with Gasteiger partial charge in [-0.1, -0.05) is 20.8 Å². The number of hydrogen-bond acceptors (Lipinski definition) is 2. The molecule has 1 atom stereocenters. The lowest BCUT2D eigenvalue weighted by Gasteiger charge is -2.15. The second-order valence-corrected chi connectivity index (χ2v) is 4.30. The first kappa shape index (κ1) is 14.9. The van der Waals surface area contributed by atoms with Crippen LogP contribution in [0.2, 0.25) is 0 Å². The van der Waals surface area contributed by atoms with Crippen LogP contribution < -0.4 is 5.32 Å². The minimum Gasteiger partial charge on any atom is -0.481 e. The zero-order chi connectivity index (χ0) is 12.6. The molecule has 4 nitrogen and oxygen atoms in total. The Kier molecular flexibility index (Phi) is 7.60. The summed E-state index contributed by atoms with van der Waals surface area (Å²) < 4.78 is 0. The maximum absolute atomic E-state index is 11.6. The number of carboxylic acid groups (broad SMARTS) is 1. The molecule has 0 fully saturated rings. The van der Waals surface area contributed by atoms with Crippen molar-refractivity contribution in [3.63, 3.8) is 0 Å². The van der Waals surface area contributed by atoms with Crippen LogP contribution in [0.3, 0.4) is 0 Å². The van der Waals surface area contributed by atoms with Crippen LogP contribution in [0.25, 0.3) is 0 Å². The van der Waals surface area contributed by atoms with Crippen LogP contribution in [0.1, 0.15) is 46.5 Å². The van der Waals surface area contributed by atoms with Crippen molar-refractivity contribution in [3.05, 3.63) is 0 Å². The molecule has 4 heteroatoms. The summed E-state index contributed by atoms with van der Waals surface area (Å²) in [5.41, 5.74) is 0. The molecule has 2 N–H and O–H groups in total. The standard InChI is InChI=1S/C12H23NO3/c1-4-10(5-2)12(16)13-8-9(3)6-7-11(14)15/h9-10H,4-8H2,1-3H3,(H,13,16)(H,14,15). The van der Waals surface area contributed by atoms with Gasteiger partial charge in [0.25, 0.3) is 0 Å². The lowest BCUT2D eigenvalue weighted by molar-refractivity contribution is -0.137. The lowest BCUT2D eigenvalue weighted by atomic mass is 10.0. The van der Waals surface area contributed by atoms with E-state index in [4.69, 9.17) is 5.11 Å². The highest BCUT2D eigenvalue weighted by Crippen LogP contribution is 2.08. The van der Waals surface area contributed by atoms with Gasteiger partial charge in [-0.15, -0.1) is 0 Å². The number of carbonyl (C=O) groups excluding carboxylic acids is 1. The van der Waals surface area contributed by atoms with Crippen LogP contribution in [0.4, 0.5) is 0 Å². The third-order valence-electron chi connectivity index (χ3n) is 2.83. The number of rotatable bonds is 8. The second kappa shape index (κ2) is 8.13. The largest absolute Gasteiger partial charge is 0.481 e. The summed E-state index contributed by atoms with van der Waals surface area (Å²) in [4.78, 5) is 22.0. The molecule has 0 aromatic rings. The molecule has 0 aliphatic carbocycles. The molecule has 0 rings (SSSR count). The normalized spacial score (nSPS) is 12.5. The van der Waals surface area contributed by atoms with Crippen LogP contribution >= 0.6 is 0 Å². The Balaban J connectivity index is 3.77. The molecule has 0 aliphatic rings. The molecule has 0 saturated carbocycles. The molecule has 0 saturated heterocycles. The number of nitrogens with one attached hydrogen (secondary N) is 1. The molecule has 0 radical (unpaired) electrons. The molecular weight excluding hydrogens is 206 g/mol. The predicted octanol–water partition coefficient (Wildman–Crippen LogP) is 2.04. The highest BCUT2D eigenvalue weighted by molar-refractivity contribution is 5.78. The highest BCUT2D eigenvalue weighted by atomic mass is 16.4. The summed E-state index contributed by atoms with van der Waals surface area (Å²) in [6, 6.07) is 0. The lowest BCUT2D eigenvalue weighted by Crippen LogP contribution is -2.33. The van der Waals surface area contributed by atoms with Gasteiger partial charge >= 0.3 is 5.97 Å². The Morgan fingerprint density at radius 2 is 1.81 bits per heavy atom. The maximum atomic E-state index is 11.6. The smallest absolute Gasteiger partial charge is 0.303 e. The minimum atomic E-state index is -0.779. The van der Waals surface area contributed by atoms with Crippen molar-refractivity contribution < 1.29 is 14.7 Å². The third-order valence-corrected chi connectivity index (χ3v) is 2.83.